The molecule has 7 nitrogen and oxygen atoms in total. The fourth-order valence-corrected chi connectivity index (χ4v) is 3.68. The molecule has 1 aliphatic heterocycles. The number of rotatable bonds is 5. The lowest BCUT2D eigenvalue weighted by atomic mass is 9.97. The van der Waals surface area contributed by atoms with Gasteiger partial charge in [0, 0.05) is 24.6 Å². The lowest BCUT2D eigenvalue weighted by Crippen LogP contribution is -2.40. The molecule has 156 valence electrons. The zero-order chi connectivity index (χ0) is 20.9. The third-order valence-electron chi connectivity index (χ3n) is 5.28. The molecule has 0 unspecified atom stereocenters. The summed E-state index contributed by atoms with van der Waals surface area (Å²) in [5.74, 6) is 2.10. The van der Waals surface area contributed by atoms with E-state index in [-0.39, 0.29) is 11.9 Å². The van der Waals surface area contributed by atoms with Crippen LogP contribution in [0.5, 0.6) is 5.75 Å². The standard InChI is InChI=1S/C23H26N4O3/c1-3-29-20-10-5-4-9-19(20)24-23(28)27-13-11-17(12-14-27)22-25-21(26-30-22)18-8-6-7-16(2)15-18/h4-10,15,17H,3,11-14H2,1-2H3,(H,24,28). The number of aromatic nitrogens is 2. The van der Waals surface area contributed by atoms with E-state index in [0.717, 1.165) is 24.0 Å². The van der Waals surface area contributed by atoms with Gasteiger partial charge in [-0.15, -0.1) is 0 Å². The molecule has 0 atom stereocenters. The first kappa shape index (κ1) is 19.9. The maximum Gasteiger partial charge on any atom is 0.321 e. The second-order valence-electron chi connectivity index (χ2n) is 7.45. The molecular weight excluding hydrogens is 380 g/mol. The molecule has 0 bridgehead atoms. The fourth-order valence-electron chi connectivity index (χ4n) is 3.68. The van der Waals surface area contributed by atoms with Gasteiger partial charge in [-0.1, -0.05) is 41.1 Å². The Morgan fingerprint density at radius 3 is 2.77 bits per heavy atom. The van der Waals surface area contributed by atoms with Crippen molar-refractivity contribution in [2.45, 2.75) is 32.6 Å². The molecule has 1 fully saturated rings. The summed E-state index contributed by atoms with van der Waals surface area (Å²) in [5, 5.41) is 7.11. The molecule has 0 saturated carbocycles. The number of ether oxygens (including phenoxy) is 1. The van der Waals surface area contributed by atoms with Gasteiger partial charge in [-0.25, -0.2) is 4.79 Å². The van der Waals surface area contributed by atoms with Crippen molar-refractivity contribution in [1.82, 2.24) is 15.0 Å². The van der Waals surface area contributed by atoms with Gasteiger partial charge in [0.05, 0.1) is 12.3 Å². The number of carbonyl (C=O) groups is 1. The van der Waals surface area contributed by atoms with Gasteiger partial charge in [0.2, 0.25) is 11.7 Å². The van der Waals surface area contributed by atoms with Crippen molar-refractivity contribution >= 4 is 11.7 Å². The van der Waals surface area contributed by atoms with Crippen molar-refractivity contribution < 1.29 is 14.1 Å². The number of hydrogen-bond donors (Lipinski definition) is 1. The van der Waals surface area contributed by atoms with Crippen molar-refractivity contribution in [3.63, 3.8) is 0 Å². The average molecular weight is 406 g/mol. The van der Waals surface area contributed by atoms with Crippen molar-refractivity contribution in [2.75, 3.05) is 25.0 Å². The summed E-state index contributed by atoms with van der Waals surface area (Å²) in [7, 11) is 0. The molecule has 0 aliphatic carbocycles. The summed E-state index contributed by atoms with van der Waals surface area (Å²) < 4.78 is 11.1. The zero-order valence-electron chi connectivity index (χ0n) is 17.3. The molecule has 1 N–H and O–H groups in total. The van der Waals surface area contributed by atoms with Crippen molar-refractivity contribution in [1.29, 1.82) is 0 Å². The van der Waals surface area contributed by atoms with Crippen LogP contribution in [0.1, 0.15) is 37.1 Å². The number of para-hydroxylation sites is 2. The summed E-state index contributed by atoms with van der Waals surface area (Å²) in [6, 6.07) is 15.4. The van der Waals surface area contributed by atoms with E-state index in [1.54, 1.807) is 0 Å². The van der Waals surface area contributed by atoms with Gasteiger partial charge in [0.25, 0.3) is 0 Å². The number of hydrogen-bond acceptors (Lipinski definition) is 5. The first-order valence-corrected chi connectivity index (χ1v) is 10.3. The van der Waals surface area contributed by atoms with Gasteiger partial charge in [-0.3, -0.25) is 0 Å². The highest BCUT2D eigenvalue weighted by Gasteiger charge is 2.28. The molecule has 0 spiro atoms. The summed E-state index contributed by atoms with van der Waals surface area (Å²) in [6.45, 7) is 5.78. The normalized spacial score (nSPS) is 14.5. The number of aryl methyl sites for hydroxylation is 1. The Bertz CT molecular complexity index is 1010. The van der Waals surface area contributed by atoms with E-state index >= 15 is 0 Å². The van der Waals surface area contributed by atoms with E-state index in [9.17, 15) is 4.79 Å². The van der Waals surface area contributed by atoms with E-state index in [1.807, 2.05) is 67.3 Å². The molecule has 2 amide bonds. The van der Waals surface area contributed by atoms with Gasteiger partial charge in [-0.2, -0.15) is 4.98 Å². The fraction of sp³-hybridized carbons (Fsp3) is 0.348. The van der Waals surface area contributed by atoms with E-state index in [0.29, 0.717) is 42.8 Å². The van der Waals surface area contributed by atoms with Gasteiger partial charge in [-0.05, 0) is 44.9 Å². The van der Waals surface area contributed by atoms with Crippen LogP contribution in [0.25, 0.3) is 11.4 Å². The molecule has 2 aromatic carbocycles. The lowest BCUT2D eigenvalue weighted by molar-refractivity contribution is 0.187. The second-order valence-corrected chi connectivity index (χ2v) is 7.45. The highest BCUT2D eigenvalue weighted by Crippen LogP contribution is 2.30. The van der Waals surface area contributed by atoms with Crippen LogP contribution in [0.2, 0.25) is 0 Å². The molecular formula is C23H26N4O3. The maximum absolute atomic E-state index is 12.7. The number of likely N-dealkylation sites (tertiary alicyclic amines) is 1. The third kappa shape index (κ3) is 4.45. The predicted octanol–water partition coefficient (Wildman–Crippen LogP) is 4.86. The molecule has 1 saturated heterocycles. The molecule has 30 heavy (non-hydrogen) atoms. The predicted molar refractivity (Wildman–Crippen MR) is 115 cm³/mol. The summed E-state index contributed by atoms with van der Waals surface area (Å²) in [5.41, 5.74) is 2.80. The quantitative estimate of drug-likeness (QED) is 0.655. The summed E-state index contributed by atoms with van der Waals surface area (Å²) in [4.78, 5) is 19.1. The van der Waals surface area contributed by atoms with Crippen LogP contribution in [0.3, 0.4) is 0 Å². The monoisotopic (exact) mass is 406 g/mol. The van der Waals surface area contributed by atoms with Gasteiger partial charge >= 0.3 is 6.03 Å². The maximum atomic E-state index is 12.7. The molecule has 1 aliphatic rings. The molecule has 7 heteroatoms. The lowest BCUT2D eigenvalue weighted by Gasteiger charge is -2.30. The smallest absolute Gasteiger partial charge is 0.321 e. The Balaban J connectivity index is 1.36. The number of anilines is 1. The minimum absolute atomic E-state index is 0.119. The molecule has 3 aromatic rings. The molecule has 2 heterocycles. The summed E-state index contributed by atoms with van der Waals surface area (Å²) in [6.07, 6.45) is 1.58. The Hall–Kier alpha value is -3.35. The highest BCUT2D eigenvalue weighted by molar-refractivity contribution is 5.91. The van der Waals surface area contributed by atoms with E-state index in [4.69, 9.17) is 9.26 Å². The van der Waals surface area contributed by atoms with Crippen LogP contribution in [0.4, 0.5) is 10.5 Å². The average Bonchev–Trinajstić information content (AvgIpc) is 3.26. The van der Waals surface area contributed by atoms with Crippen LogP contribution in [0.15, 0.2) is 53.1 Å². The Morgan fingerprint density at radius 2 is 2.00 bits per heavy atom. The Labute approximate surface area is 176 Å². The number of amides is 2. The first-order chi connectivity index (χ1) is 14.6. The Kier molecular flexibility index (Phi) is 5.97. The zero-order valence-corrected chi connectivity index (χ0v) is 17.3. The van der Waals surface area contributed by atoms with Crippen LogP contribution >= 0.6 is 0 Å². The summed E-state index contributed by atoms with van der Waals surface area (Å²) >= 11 is 0. The van der Waals surface area contributed by atoms with Crippen LogP contribution in [0, 0.1) is 6.92 Å². The van der Waals surface area contributed by atoms with Gasteiger partial charge < -0.3 is 19.5 Å². The number of piperidine rings is 1. The number of nitrogens with one attached hydrogen (secondary N) is 1. The van der Waals surface area contributed by atoms with Crippen molar-refractivity contribution in [3.8, 4) is 17.1 Å². The van der Waals surface area contributed by atoms with Crippen LogP contribution in [-0.2, 0) is 0 Å². The first-order valence-electron chi connectivity index (χ1n) is 10.3. The minimum Gasteiger partial charge on any atom is -0.492 e. The van der Waals surface area contributed by atoms with Crippen molar-refractivity contribution in [2.24, 2.45) is 0 Å². The topological polar surface area (TPSA) is 80.5 Å². The van der Waals surface area contributed by atoms with E-state index in [1.165, 1.54) is 0 Å². The van der Waals surface area contributed by atoms with Crippen LogP contribution < -0.4 is 10.1 Å². The highest BCUT2D eigenvalue weighted by atomic mass is 16.5. The Morgan fingerprint density at radius 1 is 1.20 bits per heavy atom. The number of benzene rings is 2. The van der Waals surface area contributed by atoms with Crippen LogP contribution in [-0.4, -0.2) is 40.8 Å². The third-order valence-corrected chi connectivity index (χ3v) is 5.28. The van der Waals surface area contributed by atoms with Gasteiger partial charge in [0.15, 0.2) is 0 Å². The molecule has 0 radical (unpaired) electrons. The number of carbonyl (C=O) groups excluding carboxylic acids is 1. The molecule has 1 aromatic heterocycles. The van der Waals surface area contributed by atoms with E-state index in [2.05, 4.69) is 15.5 Å². The largest absolute Gasteiger partial charge is 0.492 e. The molecule has 4 rings (SSSR count). The van der Waals surface area contributed by atoms with Crippen molar-refractivity contribution in [3.05, 3.63) is 60.0 Å². The minimum atomic E-state index is -0.119. The van der Waals surface area contributed by atoms with E-state index < -0.39 is 0 Å². The number of nitrogens with zero attached hydrogens (tertiary/aromatic N) is 3. The number of urea groups is 1. The SMILES string of the molecule is CCOc1ccccc1NC(=O)N1CCC(c2nc(-c3cccc(C)c3)no2)CC1. The van der Waals surface area contributed by atoms with Gasteiger partial charge in [0.1, 0.15) is 5.75 Å². The second kappa shape index (κ2) is 8.98.